The van der Waals surface area contributed by atoms with Gasteiger partial charge in [0.1, 0.15) is 0 Å². The van der Waals surface area contributed by atoms with E-state index in [2.05, 4.69) is 12.2 Å². The van der Waals surface area contributed by atoms with Crippen molar-refractivity contribution in [3.8, 4) is 0 Å². The van der Waals surface area contributed by atoms with E-state index < -0.39 is 5.60 Å². The quantitative estimate of drug-likeness (QED) is 0.745. The molecule has 0 spiro atoms. The van der Waals surface area contributed by atoms with E-state index in [0.717, 1.165) is 32.4 Å². The maximum absolute atomic E-state index is 10.3. The van der Waals surface area contributed by atoms with Gasteiger partial charge in [-0.2, -0.15) is 0 Å². The number of hydrogen-bond donors (Lipinski definition) is 2. The van der Waals surface area contributed by atoms with Crippen LogP contribution in [0.2, 0.25) is 0 Å². The summed E-state index contributed by atoms with van der Waals surface area (Å²) < 4.78 is 5.49. The highest BCUT2D eigenvalue weighted by Gasteiger charge is 2.31. The van der Waals surface area contributed by atoms with Crippen LogP contribution in [0.1, 0.15) is 45.4 Å². The van der Waals surface area contributed by atoms with Crippen LogP contribution >= 0.6 is 0 Å². The summed E-state index contributed by atoms with van der Waals surface area (Å²) in [4.78, 5) is 0. The Morgan fingerprint density at radius 1 is 1.33 bits per heavy atom. The Balaban J connectivity index is 1.76. The fraction of sp³-hybridized carbons (Fsp3) is 1.00. The van der Waals surface area contributed by atoms with Crippen LogP contribution in [-0.2, 0) is 4.74 Å². The second kappa shape index (κ2) is 4.81. The fourth-order valence-corrected chi connectivity index (χ4v) is 2.71. The zero-order valence-electron chi connectivity index (χ0n) is 9.67. The summed E-state index contributed by atoms with van der Waals surface area (Å²) in [5.41, 5.74) is -0.444. The summed E-state index contributed by atoms with van der Waals surface area (Å²) in [5, 5.41) is 13.8. The highest BCUT2D eigenvalue weighted by atomic mass is 16.5. The molecule has 2 rings (SSSR count). The van der Waals surface area contributed by atoms with E-state index in [-0.39, 0.29) is 0 Å². The molecule has 0 amide bonds. The molecule has 1 saturated carbocycles. The smallest absolute Gasteiger partial charge is 0.0771 e. The molecule has 0 aromatic rings. The predicted molar refractivity (Wildman–Crippen MR) is 59.9 cm³/mol. The molecule has 15 heavy (non-hydrogen) atoms. The average molecular weight is 213 g/mol. The van der Waals surface area contributed by atoms with Gasteiger partial charge in [-0.25, -0.2) is 0 Å². The molecule has 0 aromatic carbocycles. The lowest BCUT2D eigenvalue weighted by atomic mass is 9.84. The van der Waals surface area contributed by atoms with Crippen LogP contribution in [0.25, 0.3) is 0 Å². The van der Waals surface area contributed by atoms with Crippen molar-refractivity contribution in [3.63, 3.8) is 0 Å². The fourth-order valence-electron chi connectivity index (χ4n) is 2.71. The first-order valence-corrected chi connectivity index (χ1v) is 6.27. The number of hydrogen-bond acceptors (Lipinski definition) is 3. The molecule has 88 valence electrons. The van der Waals surface area contributed by atoms with E-state index in [0.29, 0.717) is 12.1 Å². The highest BCUT2D eigenvalue weighted by Crippen LogP contribution is 2.27. The van der Waals surface area contributed by atoms with Gasteiger partial charge in [-0.15, -0.1) is 0 Å². The first-order valence-electron chi connectivity index (χ1n) is 6.27. The van der Waals surface area contributed by atoms with Crippen LogP contribution in [0.15, 0.2) is 0 Å². The normalized spacial score (nSPS) is 35.6. The average Bonchev–Trinajstić information content (AvgIpc) is 2.62. The van der Waals surface area contributed by atoms with Crippen LogP contribution in [0.4, 0.5) is 0 Å². The summed E-state index contributed by atoms with van der Waals surface area (Å²) >= 11 is 0. The molecule has 1 saturated heterocycles. The number of aliphatic hydroxyl groups is 1. The SMILES string of the molecule is CC1OCCC1NCC1(O)CCCCC1. The molecule has 2 fully saturated rings. The van der Waals surface area contributed by atoms with Gasteiger partial charge in [-0.05, 0) is 26.2 Å². The van der Waals surface area contributed by atoms with E-state index in [1.54, 1.807) is 0 Å². The first-order chi connectivity index (χ1) is 7.20. The molecular weight excluding hydrogens is 190 g/mol. The summed E-state index contributed by atoms with van der Waals surface area (Å²) in [6.07, 6.45) is 6.94. The molecule has 2 N–H and O–H groups in total. The molecule has 2 aliphatic rings. The molecule has 1 aliphatic carbocycles. The lowest BCUT2D eigenvalue weighted by Gasteiger charge is -2.33. The number of rotatable bonds is 3. The molecule has 1 aliphatic heterocycles. The minimum atomic E-state index is -0.444. The van der Waals surface area contributed by atoms with Crippen molar-refractivity contribution in [1.29, 1.82) is 0 Å². The Hall–Kier alpha value is -0.120. The molecule has 1 heterocycles. The van der Waals surface area contributed by atoms with Gasteiger partial charge >= 0.3 is 0 Å². The summed E-state index contributed by atoms with van der Waals surface area (Å²) in [6.45, 7) is 3.71. The zero-order valence-corrected chi connectivity index (χ0v) is 9.67. The van der Waals surface area contributed by atoms with Gasteiger partial charge in [0.25, 0.3) is 0 Å². The predicted octanol–water partition coefficient (Wildman–Crippen LogP) is 1.45. The minimum Gasteiger partial charge on any atom is -0.389 e. The third-order valence-corrected chi connectivity index (χ3v) is 3.85. The van der Waals surface area contributed by atoms with Gasteiger partial charge in [0, 0.05) is 19.2 Å². The third kappa shape index (κ3) is 2.92. The van der Waals surface area contributed by atoms with Crippen molar-refractivity contribution in [3.05, 3.63) is 0 Å². The van der Waals surface area contributed by atoms with Crippen molar-refractivity contribution < 1.29 is 9.84 Å². The van der Waals surface area contributed by atoms with Crippen LogP contribution in [0.3, 0.4) is 0 Å². The minimum absolute atomic E-state index is 0.303. The Bertz CT molecular complexity index is 202. The van der Waals surface area contributed by atoms with Crippen LogP contribution in [0.5, 0.6) is 0 Å². The molecule has 0 aromatic heterocycles. The Morgan fingerprint density at radius 2 is 2.07 bits per heavy atom. The van der Waals surface area contributed by atoms with Crippen molar-refractivity contribution >= 4 is 0 Å². The van der Waals surface area contributed by atoms with E-state index in [9.17, 15) is 5.11 Å². The van der Waals surface area contributed by atoms with Crippen molar-refractivity contribution in [2.75, 3.05) is 13.2 Å². The highest BCUT2D eigenvalue weighted by molar-refractivity contribution is 4.88. The first kappa shape index (κ1) is 11.4. The Kier molecular flexibility index (Phi) is 3.65. The molecule has 0 bridgehead atoms. The van der Waals surface area contributed by atoms with E-state index >= 15 is 0 Å². The van der Waals surface area contributed by atoms with Gasteiger partial charge in [-0.3, -0.25) is 0 Å². The largest absolute Gasteiger partial charge is 0.389 e. The van der Waals surface area contributed by atoms with Gasteiger partial charge in [0.05, 0.1) is 11.7 Å². The van der Waals surface area contributed by atoms with Gasteiger partial charge in [0.15, 0.2) is 0 Å². The van der Waals surface area contributed by atoms with Gasteiger partial charge < -0.3 is 15.2 Å². The molecule has 2 unspecified atom stereocenters. The van der Waals surface area contributed by atoms with Crippen LogP contribution in [-0.4, -0.2) is 36.0 Å². The monoisotopic (exact) mass is 213 g/mol. The van der Waals surface area contributed by atoms with Crippen molar-refractivity contribution in [1.82, 2.24) is 5.32 Å². The molecular formula is C12H23NO2. The maximum Gasteiger partial charge on any atom is 0.0771 e. The maximum atomic E-state index is 10.3. The second-order valence-electron chi connectivity index (χ2n) is 5.14. The van der Waals surface area contributed by atoms with Crippen LogP contribution < -0.4 is 5.32 Å². The van der Waals surface area contributed by atoms with E-state index in [1.165, 1.54) is 19.3 Å². The number of nitrogens with one attached hydrogen (secondary N) is 1. The molecule has 3 heteroatoms. The van der Waals surface area contributed by atoms with E-state index in [1.807, 2.05) is 0 Å². The molecule has 2 atom stereocenters. The molecule has 0 radical (unpaired) electrons. The molecule has 3 nitrogen and oxygen atoms in total. The summed E-state index contributed by atoms with van der Waals surface area (Å²) in [7, 11) is 0. The third-order valence-electron chi connectivity index (χ3n) is 3.85. The second-order valence-corrected chi connectivity index (χ2v) is 5.14. The Morgan fingerprint density at radius 3 is 2.67 bits per heavy atom. The Labute approximate surface area is 92.2 Å². The topological polar surface area (TPSA) is 41.5 Å². The van der Waals surface area contributed by atoms with Crippen molar-refractivity contribution in [2.24, 2.45) is 0 Å². The van der Waals surface area contributed by atoms with Crippen LogP contribution in [0, 0.1) is 0 Å². The number of ether oxygens (including phenoxy) is 1. The lowest BCUT2D eigenvalue weighted by molar-refractivity contribution is 0.000394. The standard InChI is InChI=1S/C12H23NO2/c1-10-11(5-8-15-10)13-9-12(14)6-3-2-4-7-12/h10-11,13-14H,2-9H2,1H3. The summed E-state index contributed by atoms with van der Waals surface area (Å²) in [6, 6.07) is 0.441. The van der Waals surface area contributed by atoms with Gasteiger partial charge in [-0.1, -0.05) is 19.3 Å². The lowest BCUT2D eigenvalue weighted by Crippen LogP contribution is -2.47. The van der Waals surface area contributed by atoms with E-state index in [4.69, 9.17) is 4.74 Å². The van der Waals surface area contributed by atoms with Crippen molar-refractivity contribution in [2.45, 2.75) is 63.2 Å². The summed E-state index contributed by atoms with van der Waals surface area (Å²) in [5.74, 6) is 0. The van der Waals surface area contributed by atoms with Gasteiger partial charge in [0.2, 0.25) is 0 Å². The zero-order chi connectivity index (χ0) is 10.7.